The van der Waals surface area contributed by atoms with Crippen molar-refractivity contribution in [3.8, 4) is 0 Å². The number of ether oxygens (including phenoxy) is 1. The van der Waals surface area contributed by atoms with E-state index in [-0.39, 0.29) is 17.2 Å². The summed E-state index contributed by atoms with van der Waals surface area (Å²) < 4.78 is 5.34. The first kappa shape index (κ1) is 22.2. The molecule has 4 heteroatoms. The first-order chi connectivity index (χ1) is 12.1. The molecule has 0 atom stereocenters. The molecule has 0 bridgehead atoms. The van der Waals surface area contributed by atoms with Crippen molar-refractivity contribution in [1.82, 2.24) is 0 Å². The normalized spacial score (nSPS) is 12.0. The summed E-state index contributed by atoms with van der Waals surface area (Å²) in [5, 5.41) is 0. The molecule has 0 fully saturated rings. The van der Waals surface area contributed by atoms with Crippen molar-refractivity contribution in [3.63, 3.8) is 0 Å². The fourth-order valence-corrected chi connectivity index (χ4v) is 2.47. The highest BCUT2D eigenvalue weighted by atomic mass is 16.5. The van der Waals surface area contributed by atoms with E-state index in [4.69, 9.17) is 4.74 Å². The molecular weight excluding hydrogens is 328 g/mol. The topological polar surface area (TPSA) is 60.4 Å². The van der Waals surface area contributed by atoms with Crippen molar-refractivity contribution in [2.45, 2.75) is 71.8 Å². The van der Waals surface area contributed by atoms with Gasteiger partial charge < -0.3 is 9.53 Å². The molecule has 0 saturated carbocycles. The molecule has 0 aliphatic carbocycles. The Morgan fingerprint density at radius 2 is 1.31 bits per heavy atom. The average Bonchev–Trinajstić information content (AvgIpc) is 2.60. The highest BCUT2D eigenvalue weighted by molar-refractivity contribution is 5.82. The monoisotopic (exact) mass is 360 g/mol. The van der Waals surface area contributed by atoms with Crippen molar-refractivity contribution in [1.29, 1.82) is 0 Å². The maximum atomic E-state index is 12.1. The van der Waals surface area contributed by atoms with Gasteiger partial charge in [-0.3, -0.25) is 9.59 Å². The van der Waals surface area contributed by atoms with Crippen LogP contribution in [0.2, 0.25) is 0 Å². The maximum absolute atomic E-state index is 12.1. The fraction of sp³-hybridized carbons (Fsp3) is 0.591. The largest absolute Gasteiger partial charge is 0.379 e. The van der Waals surface area contributed by atoms with Gasteiger partial charge in [-0.2, -0.15) is 0 Å². The Balaban J connectivity index is 2.47. The van der Waals surface area contributed by atoms with E-state index in [1.165, 1.54) is 0 Å². The molecule has 0 amide bonds. The minimum atomic E-state index is -0.447. The summed E-state index contributed by atoms with van der Waals surface area (Å²) >= 11 is 0. The van der Waals surface area contributed by atoms with Crippen LogP contribution in [-0.4, -0.2) is 30.6 Å². The third kappa shape index (κ3) is 8.52. The number of ketones is 2. The average molecular weight is 360 g/mol. The van der Waals surface area contributed by atoms with Gasteiger partial charge in [0.15, 0.2) is 0 Å². The summed E-state index contributed by atoms with van der Waals surface area (Å²) in [6, 6.07) is 7.64. The number of carbonyl (C=O) groups is 3. The van der Waals surface area contributed by atoms with E-state index in [1.807, 2.05) is 52.0 Å². The summed E-state index contributed by atoms with van der Waals surface area (Å²) in [5.41, 5.74) is 1.18. The van der Waals surface area contributed by atoms with Gasteiger partial charge in [0.25, 0.3) is 0 Å². The lowest BCUT2D eigenvalue weighted by atomic mass is 9.88. The summed E-state index contributed by atoms with van der Waals surface area (Å²) in [6.45, 7) is 7.63. The molecule has 4 nitrogen and oxygen atoms in total. The molecule has 0 N–H and O–H groups in total. The number of carbonyl (C=O) groups excluding carboxylic acids is 3. The van der Waals surface area contributed by atoms with Crippen molar-refractivity contribution < 1.29 is 19.1 Å². The highest BCUT2D eigenvalue weighted by Gasteiger charge is 2.19. The zero-order chi connectivity index (χ0) is 19.8. The quantitative estimate of drug-likeness (QED) is 0.526. The molecule has 0 spiro atoms. The molecule has 0 radical (unpaired) electrons. The number of rotatable bonds is 12. The lowest BCUT2D eigenvalue weighted by Crippen LogP contribution is -2.23. The first-order valence-corrected chi connectivity index (χ1v) is 9.19. The third-order valence-electron chi connectivity index (χ3n) is 4.75. The van der Waals surface area contributed by atoms with Gasteiger partial charge in [0.2, 0.25) is 0 Å². The number of hydrogen-bond donors (Lipinski definition) is 0. The van der Waals surface area contributed by atoms with Crippen molar-refractivity contribution in [3.05, 3.63) is 35.4 Å². The van der Waals surface area contributed by atoms with Gasteiger partial charge in [-0.05, 0) is 37.8 Å². The Hall–Kier alpha value is -1.81. The molecule has 0 unspecified atom stereocenters. The van der Waals surface area contributed by atoms with Crippen molar-refractivity contribution in [2.75, 3.05) is 7.11 Å². The zero-order valence-electron chi connectivity index (χ0n) is 16.8. The number of hydrogen-bond acceptors (Lipinski definition) is 4. The minimum Gasteiger partial charge on any atom is -0.379 e. The molecule has 0 aromatic heterocycles. The molecule has 144 valence electrons. The SMILES string of the molecule is COC(C)(C)CCC(=O)Cc1ccc(CC(=O)CCC(C)(C)C=O)cc1. The van der Waals surface area contributed by atoms with E-state index < -0.39 is 5.41 Å². The zero-order valence-corrected chi connectivity index (χ0v) is 16.8. The molecular formula is C22H32O4. The van der Waals surface area contributed by atoms with Crippen LogP contribution < -0.4 is 0 Å². The van der Waals surface area contributed by atoms with Crippen LogP contribution in [0.3, 0.4) is 0 Å². The number of benzene rings is 1. The number of aldehydes is 1. The van der Waals surface area contributed by atoms with Gasteiger partial charge in [-0.15, -0.1) is 0 Å². The van der Waals surface area contributed by atoms with Crippen LogP contribution >= 0.6 is 0 Å². The lowest BCUT2D eigenvalue weighted by Gasteiger charge is -2.22. The second-order valence-electron chi connectivity index (χ2n) is 8.32. The van der Waals surface area contributed by atoms with Crippen LogP contribution in [0.15, 0.2) is 24.3 Å². The van der Waals surface area contributed by atoms with Gasteiger partial charge in [0.05, 0.1) is 5.60 Å². The van der Waals surface area contributed by atoms with Gasteiger partial charge in [-0.25, -0.2) is 0 Å². The van der Waals surface area contributed by atoms with Crippen LogP contribution in [0.4, 0.5) is 0 Å². The highest BCUT2D eigenvalue weighted by Crippen LogP contribution is 2.20. The standard InChI is InChI=1S/C22H32O4/c1-21(2,16-23)12-10-19(24)14-17-6-8-18(9-7-17)15-20(25)11-13-22(3,4)26-5/h6-9,16H,10-15H2,1-5H3. The second-order valence-corrected chi connectivity index (χ2v) is 8.32. The minimum absolute atomic E-state index is 0.130. The van der Waals surface area contributed by atoms with E-state index in [9.17, 15) is 14.4 Å². The summed E-state index contributed by atoms with van der Waals surface area (Å²) in [4.78, 5) is 35.1. The Kier molecular flexibility index (Phi) is 8.35. The lowest BCUT2D eigenvalue weighted by molar-refractivity contribution is -0.121. The molecule has 1 aromatic carbocycles. The van der Waals surface area contributed by atoms with Gasteiger partial charge >= 0.3 is 0 Å². The molecule has 26 heavy (non-hydrogen) atoms. The molecule has 0 aliphatic rings. The Morgan fingerprint density at radius 3 is 1.69 bits per heavy atom. The van der Waals surface area contributed by atoms with Crippen molar-refractivity contribution >= 4 is 17.9 Å². The summed E-state index contributed by atoms with van der Waals surface area (Å²) in [5.74, 6) is 0.320. The van der Waals surface area contributed by atoms with E-state index >= 15 is 0 Å². The fourth-order valence-electron chi connectivity index (χ4n) is 2.47. The van der Waals surface area contributed by atoms with Gasteiger partial charge in [0.1, 0.15) is 17.9 Å². The van der Waals surface area contributed by atoms with E-state index in [1.54, 1.807) is 7.11 Å². The van der Waals surface area contributed by atoms with Crippen LogP contribution in [-0.2, 0) is 32.0 Å². The molecule has 0 heterocycles. The van der Waals surface area contributed by atoms with Crippen LogP contribution in [0.5, 0.6) is 0 Å². The van der Waals surface area contributed by atoms with Crippen LogP contribution in [0.25, 0.3) is 0 Å². The predicted octanol–water partition coefficient (Wildman–Crippen LogP) is 4.12. The van der Waals surface area contributed by atoms with Crippen molar-refractivity contribution in [2.24, 2.45) is 5.41 Å². The van der Waals surface area contributed by atoms with E-state index in [0.717, 1.165) is 17.4 Å². The molecule has 0 aliphatic heterocycles. The van der Waals surface area contributed by atoms with Gasteiger partial charge in [0, 0.05) is 38.2 Å². The van der Waals surface area contributed by atoms with Crippen LogP contribution in [0.1, 0.15) is 64.5 Å². The first-order valence-electron chi connectivity index (χ1n) is 9.19. The second kappa shape index (κ2) is 9.77. The van der Waals surface area contributed by atoms with Gasteiger partial charge in [-0.1, -0.05) is 38.1 Å². The molecule has 0 saturated heterocycles. The Labute approximate surface area is 157 Å². The maximum Gasteiger partial charge on any atom is 0.137 e. The predicted molar refractivity (Wildman–Crippen MR) is 103 cm³/mol. The summed E-state index contributed by atoms with van der Waals surface area (Å²) in [6.07, 6.45) is 3.84. The number of methoxy groups -OCH3 is 1. The Morgan fingerprint density at radius 1 is 0.885 bits per heavy atom. The summed E-state index contributed by atoms with van der Waals surface area (Å²) in [7, 11) is 1.66. The molecule has 1 aromatic rings. The third-order valence-corrected chi connectivity index (χ3v) is 4.75. The molecule has 1 rings (SSSR count). The number of Topliss-reactive ketones (excluding diaryl/α,β-unsaturated/α-hetero) is 2. The Bertz CT molecular complexity index is 612. The van der Waals surface area contributed by atoms with Crippen LogP contribution in [0, 0.1) is 5.41 Å². The van der Waals surface area contributed by atoms with E-state index in [2.05, 4.69) is 0 Å². The van der Waals surface area contributed by atoms with E-state index in [0.29, 0.717) is 38.5 Å². The smallest absolute Gasteiger partial charge is 0.137 e.